The van der Waals surface area contributed by atoms with E-state index in [1.165, 1.54) is 4.88 Å². The van der Waals surface area contributed by atoms with Gasteiger partial charge in [0.1, 0.15) is 0 Å². The molecular weight excluding hydrogens is 425 g/mol. The van der Waals surface area contributed by atoms with Gasteiger partial charge in [-0.15, -0.1) is 11.3 Å². The predicted octanol–water partition coefficient (Wildman–Crippen LogP) is 4.09. The molecule has 1 amide bonds. The van der Waals surface area contributed by atoms with Crippen LogP contribution in [0.3, 0.4) is 0 Å². The van der Waals surface area contributed by atoms with Crippen molar-refractivity contribution in [3.8, 4) is 0 Å². The lowest BCUT2D eigenvalue weighted by molar-refractivity contribution is 0.0953. The summed E-state index contributed by atoms with van der Waals surface area (Å²) in [6.07, 6.45) is 0.883. The molecule has 5 heteroatoms. The first-order valence-electron chi connectivity index (χ1n) is 5.42. The molecule has 0 aliphatic rings. The van der Waals surface area contributed by atoms with Crippen molar-refractivity contribution in [1.29, 1.82) is 0 Å². The Morgan fingerprint density at radius 3 is 2.94 bits per heavy atom. The van der Waals surface area contributed by atoms with Crippen molar-refractivity contribution >= 4 is 55.8 Å². The highest BCUT2D eigenvalue weighted by atomic mass is 127. The lowest BCUT2D eigenvalue weighted by Crippen LogP contribution is -2.26. The molecule has 0 spiro atoms. The first kappa shape index (κ1) is 14.0. The number of carbonyl (C=O) groups is 1. The number of nitrogens with one attached hydrogen (secondary N) is 1. The molecule has 94 valence electrons. The maximum Gasteiger partial charge on any atom is 0.252 e. The molecule has 18 heavy (non-hydrogen) atoms. The van der Waals surface area contributed by atoms with E-state index < -0.39 is 0 Å². The third-order valence-corrected chi connectivity index (χ3v) is 4.78. The maximum absolute atomic E-state index is 12.0. The number of amides is 1. The van der Waals surface area contributed by atoms with Crippen molar-refractivity contribution in [1.82, 2.24) is 5.32 Å². The molecule has 2 nitrogen and oxygen atoms in total. The Bertz CT molecular complexity index is 542. The first-order chi connectivity index (χ1) is 8.66. The van der Waals surface area contributed by atoms with Crippen LogP contribution in [0.4, 0.5) is 0 Å². The van der Waals surface area contributed by atoms with Crippen LogP contribution in [0.25, 0.3) is 0 Å². The summed E-state index contributed by atoms with van der Waals surface area (Å²) in [7, 11) is 0. The van der Waals surface area contributed by atoms with Gasteiger partial charge in [-0.2, -0.15) is 0 Å². The fraction of sp³-hybridized carbons (Fsp3) is 0.154. The van der Waals surface area contributed by atoms with Crippen LogP contribution in [-0.2, 0) is 6.42 Å². The Morgan fingerprint density at radius 2 is 2.22 bits per heavy atom. The van der Waals surface area contributed by atoms with Crippen molar-refractivity contribution in [2.45, 2.75) is 6.42 Å². The number of carbonyl (C=O) groups excluding carboxylic acids is 1. The number of benzene rings is 1. The van der Waals surface area contributed by atoms with Crippen LogP contribution in [0.15, 0.2) is 40.2 Å². The largest absolute Gasteiger partial charge is 0.352 e. The second-order valence-corrected chi connectivity index (χ2v) is 6.82. The molecule has 2 aromatic rings. The molecule has 1 aromatic heterocycles. The number of rotatable bonds is 4. The van der Waals surface area contributed by atoms with Crippen LogP contribution in [0, 0.1) is 3.57 Å². The Labute approximate surface area is 132 Å². The molecule has 0 atom stereocenters. The summed E-state index contributed by atoms with van der Waals surface area (Å²) in [4.78, 5) is 13.3. The van der Waals surface area contributed by atoms with E-state index in [1.807, 2.05) is 24.3 Å². The zero-order valence-electron chi connectivity index (χ0n) is 9.45. The van der Waals surface area contributed by atoms with Crippen LogP contribution in [0.5, 0.6) is 0 Å². The van der Waals surface area contributed by atoms with Gasteiger partial charge in [0, 0.05) is 19.5 Å². The normalized spacial score (nSPS) is 10.3. The Hall–Kier alpha value is -0.400. The van der Waals surface area contributed by atoms with Gasteiger partial charge >= 0.3 is 0 Å². The SMILES string of the molecule is O=C(NCCc1cccs1)c1cc(Br)ccc1I. The number of halogens is 2. The molecule has 1 aromatic carbocycles. The lowest BCUT2D eigenvalue weighted by atomic mass is 10.2. The third-order valence-electron chi connectivity index (χ3n) is 2.41. The number of hydrogen-bond acceptors (Lipinski definition) is 2. The molecule has 0 unspecified atom stereocenters. The molecule has 0 radical (unpaired) electrons. The van der Waals surface area contributed by atoms with Gasteiger partial charge in [-0.3, -0.25) is 4.79 Å². The van der Waals surface area contributed by atoms with E-state index in [0.717, 1.165) is 20.0 Å². The topological polar surface area (TPSA) is 29.1 Å². The summed E-state index contributed by atoms with van der Waals surface area (Å²) in [6.45, 7) is 0.669. The number of thiophene rings is 1. The van der Waals surface area contributed by atoms with E-state index >= 15 is 0 Å². The Balaban J connectivity index is 1.93. The summed E-state index contributed by atoms with van der Waals surface area (Å²) in [5, 5.41) is 5.00. The highest BCUT2D eigenvalue weighted by Crippen LogP contribution is 2.18. The second kappa shape index (κ2) is 6.68. The van der Waals surface area contributed by atoms with E-state index in [-0.39, 0.29) is 5.91 Å². The Morgan fingerprint density at radius 1 is 1.39 bits per heavy atom. The zero-order valence-corrected chi connectivity index (χ0v) is 14.0. The van der Waals surface area contributed by atoms with Gasteiger partial charge in [-0.1, -0.05) is 22.0 Å². The smallest absolute Gasteiger partial charge is 0.252 e. The minimum Gasteiger partial charge on any atom is -0.352 e. The van der Waals surface area contributed by atoms with Crippen LogP contribution in [0.2, 0.25) is 0 Å². The fourth-order valence-electron chi connectivity index (χ4n) is 1.52. The van der Waals surface area contributed by atoms with Gasteiger partial charge in [-0.25, -0.2) is 0 Å². The summed E-state index contributed by atoms with van der Waals surface area (Å²) in [5.41, 5.74) is 0.719. The Kier molecular flexibility index (Phi) is 5.20. The van der Waals surface area contributed by atoms with E-state index in [9.17, 15) is 4.79 Å². The van der Waals surface area contributed by atoms with E-state index in [0.29, 0.717) is 6.54 Å². The summed E-state index contributed by atoms with van der Waals surface area (Å²) >= 11 is 7.27. The standard InChI is InChI=1S/C13H11BrINOS/c14-9-3-4-12(15)11(8-9)13(17)16-6-5-10-2-1-7-18-10/h1-4,7-8H,5-6H2,(H,16,17). The van der Waals surface area contributed by atoms with E-state index in [4.69, 9.17) is 0 Å². The molecule has 0 saturated heterocycles. The highest BCUT2D eigenvalue weighted by Gasteiger charge is 2.09. The van der Waals surface area contributed by atoms with Gasteiger partial charge in [0.05, 0.1) is 5.56 Å². The van der Waals surface area contributed by atoms with Gasteiger partial charge in [0.25, 0.3) is 5.91 Å². The molecule has 0 saturated carbocycles. The quantitative estimate of drug-likeness (QED) is 0.720. The van der Waals surface area contributed by atoms with Crippen molar-refractivity contribution in [2.24, 2.45) is 0 Å². The average molecular weight is 436 g/mol. The molecule has 0 aliphatic heterocycles. The number of hydrogen-bond donors (Lipinski definition) is 1. The third kappa shape index (κ3) is 3.80. The van der Waals surface area contributed by atoms with Gasteiger partial charge < -0.3 is 5.32 Å². The van der Waals surface area contributed by atoms with E-state index in [1.54, 1.807) is 11.3 Å². The zero-order chi connectivity index (χ0) is 13.0. The summed E-state index contributed by atoms with van der Waals surface area (Å²) < 4.78 is 1.88. The van der Waals surface area contributed by atoms with Crippen molar-refractivity contribution < 1.29 is 4.79 Å². The lowest BCUT2D eigenvalue weighted by Gasteiger charge is -2.06. The molecule has 0 bridgehead atoms. The monoisotopic (exact) mass is 435 g/mol. The maximum atomic E-state index is 12.0. The first-order valence-corrected chi connectivity index (χ1v) is 8.17. The highest BCUT2D eigenvalue weighted by molar-refractivity contribution is 14.1. The van der Waals surface area contributed by atoms with Crippen LogP contribution in [0.1, 0.15) is 15.2 Å². The molecular formula is C13H11BrINOS. The average Bonchev–Trinajstić information content (AvgIpc) is 2.85. The molecule has 0 aliphatic carbocycles. The molecule has 1 N–H and O–H groups in total. The van der Waals surface area contributed by atoms with Gasteiger partial charge in [0.2, 0.25) is 0 Å². The van der Waals surface area contributed by atoms with Crippen LogP contribution in [-0.4, -0.2) is 12.5 Å². The van der Waals surface area contributed by atoms with Crippen LogP contribution < -0.4 is 5.32 Å². The fourth-order valence-corrected chi connectivity index (χ4v) is 3.17. The van der Waals surface area contributed by atoms with Crippen LogP contribution >= 0.6 is 49.9 Å². The molecule has 2 rings (SSSR count). The molecule has 0 fully saturated rings. The molecule has 1 heterocycles. The predicted molar refractivity (Wildman–Crippen MR) is 87.2 cm³/mol. The minimum atomic E-state index is -0.0164. The summed E-state index contributed by atoms with van der Waals surface area (Å²) in [5.74, 6) is -0.0164. The minimum absolute atomic E-state index is 0.0164. The van der Waals surface area contributed by atoms with Crippen molar-refractivity contribution in [2.75, 3.05) is 6.54 Å². The van der Waals surface area contributed by atoms with Gasteiger partial charge in [-0.05, 0) is 58.7 Å². The summed E-state index contributed by atoms with van der Waals surface area (Å²) in [6, 6.07) is 9.82. The second-order valence-electron chi connectivity index (χ2n) is 3.71. The van der Waals surface area contributed by atoms with Crippen molar-refractivity contribution in [3.05, 3.63) is 54.2 Å². The van der Waals surface area contributed by atoms with Gasteiger partial charge in [0.15, 0.2) is 0 Å². The van der Waals surface area contributed by atoms with E-state index in [2.05, 4.69) is 55.3 Å². The van der Waals surface area contributed by atoms with Crippen molar-refractivity contribution in [3.63, 3.8) is 0 Å².